The number of fused-ring (bicyclic) bond motifs is 1. The molecule has 6 heteroatoms. The Morgan fingerprint density at radius 1 is 1.23 bits per heavy atom. The van der Waals surface area contributed by atoms with Crippen LogP contribution in [0, 0.1) is 0 Å². The number of rotatable bonds is 5. The zero-order valence-corrected chi connectivity index (χ0v) is 12.8. The van der Waals surface area contributed by atoms with E-state index in [1.165, 1.54) is 0 Å². The van der Waals surface area contributed by atoms with Crippen LogP contribution in [-0.2, 0) is 24.4 Å². The van der Waals surface area contributed by atoms with Gasteiger partial charge in [-0.05, 0) is 17.7 Å². The van der Waals surface area contributed by atoms with Crippen LogP contribution >= 0.6 is 0 Å². The number of benzene rings is 1. The van der Waals surface area contributed by atoms with Crippen LogP contribution in [0.3, 0.4) is 0 Å². The van der Waals surface area contributed by atoms with Gasteiger partial charge in [0.05, 0.1) is 19.4 Å². The number of anilines is 1. The molecule has 0 N–H and O–H groups in total. The quantitative estimate of drug-likeness (QED) is 0.836. The lowest BCUT2D eigenvalue weighted by Crippen LogP contribution is -2.23. The Labute approximate surface area is 128 Å². The molecule has 0 radical (unpaired) electrons. The minimum atomic E-state index is -0.0230. The summed E-state index contributed by atoms with van der Waals surface area (Å²) in [6, 6.07) is 9.47. The van der Waals surface area contributed by atoms with E-state index in [9.17, 15) is 4.79 Å². The molecule has 0 saturated carbocycles. The molecule has 0 unspecified atom stereocenters. The molecule has 0 saturated heterocycles. The van der Waals surface area contributed by atoms with Crippen LogP contribution in [0.2, 0.25) is 0 Å². The van der Waals surface area contributed by atoms with E-state index in [4.69, 9.17) is 9.47 Å². The molecule has 0 fully saturated rings. The van der Waals surface area contributed by atoms with Gasteiger partial charge in [-0.15, -0.1) is 0 Å². The van der Waals surface area contributed by atoms with Crippen LogP contribution in [0.15, 0.2) is 35.1 Å². The molecule has 2 heterocycles. The van der Waals surface area contributed by atoms with E-state index in [1.54, 1.807) is 24.9 Å². The minimum absolute atomic E-state index is 0.0230. The lowest BCUT2D eigenvalue weighted by molar-refractivity contribution is 0.181. The Bertz CT molecular complexity index is 727. The molecule has 1 aliphatic rings. The van der Waals surface area contributed by atoms with Crippen LogP contribution in [0.5, 0.6) is 5.75 Å². The fourth-order valence-corrected chi connectivity index (χ4v) is 2.68. The second-order valence-electron chi connectivity index (χ2n) is 5.24. The van der Waals surface area contributed by atoms with Crippen LogP contribution in [0.4, 0.5) is 5.95 Å². The van der Waals surface area contributed by atoms with Gasteiger partial charge in [-0.1, -0.05) is 12.1 Å². The van der Waals surface area contributed by atoms with Gasteiger partial charge >= 0.3 is 0 Å². The molecular formula is C16H19N3O3. The summed E-state index contributed by atoms with van der Waals surface area (Å²) in [4.78, 5) is 18.8. The van der Waals surface area contributed by atoms with Gasteiger partial charge in [0.25, 0.3) is 5.56 Å². The Hall–Kier alpha value is -2.34. The minimum Gasteiger partial charge on any atom is -0.497 e. The highest BCUT2D eigenvalue weighted by Crippen LogP contribution is 2.21. The van der Waals surface area contributed by atoms with Crippen molar-refractivity contribution >= 4 is 5.95 Å². The van der Waals surface area contributed by atoms with Gasteiger partial charge in [0.2, 0.25) is 5.95 Å². The molecule has 0 spiro atoms. The molecule has 0 atom stereocenters. The van der Waals surface area contributed by atoms with Crippen LogP contribution in [0.1, 0.15) is 11.3 Å². The highest BCUT2D eigenvalue weighted by atomic mass is 16.5. The molecule has 1 aromatic heterocycles. The molecule has 0 bridgehead atoms. The van der Waals surface area contributed by atoms with Crippen LogP contribution in [-0.4, -0.2) is 30.3 Å². The van der Waals surface area contributed by atoms with Gasteiger partial charge in [-0.2, -0.15) is 0 Å². The van der Waals surface area contributed by atoms with E-state index in [-0.39, 0.29) is 5.56 Å². The molecule has 1 aromatic carbocycles. The summed E-state index contributed by atoms with van der Waals surface area (Å²) in [6.45, 7) is 2.48. The van der Waals surface area contributed by atoms with E-state index < -0.39 is 0 Å². The number of aromatic nitrogens is 2. The van der Waals surface area contributed by atoms with Crippen molar-refractivity contribution < 1.29 is 9.47 Å². The Morgan fingerprint density at radius 3 is 2.86 bits per heavy atom. The highest BCUT2D eigenvalue weighted by Gasteiger charge is 2.22. The Balaban J connectivity index is 1.88. The van der Waals surface area contributed by atoms with E-state index in [2.05, 4.69) is 9.88 Å². The second kappa shape index (κ2) is 6.19. The summed E-state index contributed by atoms with van der Waals surface area (Å²) in [5.41, 5.74) is 1.76. The molecule has 3 rings (SSSR count). The standard InChI is InChI=1S/C16H19N3O3/c1-21-11-13-9-15(20)19-7-6-18(16(19)17-13)10-12-4-3-5-14(8-12)22-2/h3-5,8-9H,6-7,10-11H2,1-2H3. The fourth-order valence-electron chi connectivity index (χ4n) is 2.68. The van der Waals surface area contributed by atoms with E-state index in [0.29, 0.717) is 31.3 Å². The monoisotopic (exact) mass is 301 g/mol. The average molecular weight is 301 g/mol. The van der Waals surface area contributed by atoms with Gasteiger partial charge in [0, 0.05) is 32.8 Å². The highest BCUT2D eigenvalue weighted by molar-refractivity contribution is 5.39. The third-order valence-corrected chi connectivity index (χ3v) is 3.72. The van der Waals surface area contributed by atoms with Crippen molar-refractivity contribution in [3.05, 3.63) is 51.9 Å². The first-order valence-corrected chi connectivity index (χ1v) is 7.19. The topological polar surface area (TPSA) is 56.6 Å². The van der Waals surface area contributed by atoms with Gasteiger partial charge in [-0.25, -0.2) is 4.98 Å². The fraction of sp³-hybridized carbons (Fsp3) is 0.375. The largest absolute Gasteiger partial charge is 0.497 e. The lowest BCUT2D eigenvalue weighted by Gasteiger charge is -2.18. The molecule has 0 amide bonds. The maximum absolute atomic E-state index is 12.1. The predicted molar refractivity (Wildman–Crippen MR) is 83.3 cm³/mol. The van der Waals surface area contributed by atoms with E-state index in [0.717, 1.165) is 17.9 Å². The number of hydrogen-bond donors (Lipinski definition) is 0. The maximum atomic E-state index is 12.1. The van der Waals surface area contributed by atoms with Crippen molar-refractivity contribution in [1.82, 2.24) is 9.55 Å². The first-order chi connectivity index (χ1) is 10.7. The smallest absolute Gasteiger partial charge is 0.255 e. The van der Waals surface area contributed by atoms with Gasteiger partial charge in [-0.3, -0.25) is 9.36 Å². The first-order valence-electron chi connectivity index (χ1n) is 7.19. The summed E-state index contributed by atoms with van der Waals surface area (Å²) in [5, 5.41) is 0. The zero-order valence-electron chi connectivity index (χ0n) is 12.8. The Kier molecular flexibility index (Phi) is 4.11. The van der Waals surface area contributed by atoms with Crippen molar-refractivity contribution in [2.24, 2.45) is 0 Å². The summed E-state index contributed by atoms with van der Waals surface area (Å²) >= 11 is 0. The summed E-state index contributed by atoms with van der Waals surface area (Å²) < 4.78 is 12.0. The lowest BCUT2D eigenvalue weighted by atomic mass is 10.2. The molecule has 2 aromatic rings. The van der Waals surface area contributed by atoms with Crippen LogP contribution in [0.25, 0.3) is 0 Å². The normalized spacial score (nSPS) is 13.3. The summed E-state index contributed by atoms with van der Waals surface area (Å²) in [5.74, 6) is 1.54. The van der Waals surface area contributed by atoms with Crippen LogP contribution < -0.4 is 15.2 Å². The third-order valence-electron chi connectivity index (χ3n) is 3.72. The summed E-state index contributed by atoms with van der Waals surface area (Å²) in [7, 11) is 3.25. The molecule has 0 aliphatic carbocycles. The van der Waals surface area contributed by atoms with Gasteiger partial charge in [0.15, 0.2) is 0 Å². The molecule has 22 heavy (non-hydrogen) atoms. The average Bonchev–Trinajstić information content (AvgIpc) is 2.91. The number of hydrogen-bond acceptors (Lipinski definition) is 5. The van der Waals surface area contributed by atoms with Crippen molar-refractivity contribution in [3.8, 4) is 5.75 Å². The molecule has 1 aliphatic heterocycles. The number of ether oxygens (including phenoxy) is 2. The van der Waals surface area contributed by atoms with Crippen molar-refractivity contribution in [1.29, 1.82) is 0 Å². The van der Waals surface area contributed by atoms with Crippen molar-refractivity contribution in [3.63, 3.8) is 0 Å². The Morgan fingerprint density at radius 2 is 2.09 bits per heavy atom. The first kappa shape index (κ1) is 14.6. The van der Waals surface area contributed by atoms with Crippen molar-refractivity contribution in [2.75, 3.05) is 25.7 Å². The maximum Gasteiger partial charge on any atom is 0.255 e. The van der Waals surface area contributed by atoms with Gasteiger partial charge in [0.1, 0.15) is 5.75 Å². The predicted octanol–water partition coefficient (Wildman–Crippen LogP) is 1.42. The van der Waals surface area contributed by atoms with E-state index >= 15 is 0 Å². The molecule has 116 valence electrons. The van der Waals surface area contributed by atoms with Gasteiger partial charge < -0.3 is 14.4 Å². The SMILES string of the molecule is COCc1cc(=O)n2c(n1)N(Cc1cccc(OC)c1)CC2. The molecular weight excluding hydrogens is 282 g/mol. The van der Waals surface area contributed by atoms with Crippen molar-refractivity contribution in [2.45, 2.75) is 19.7 Å². The second-order valence-corrected chi connectivity index (χ2v) is 5.24. The van der Waals surface area contributed by atoms with E-state index in [1.807, 2.05) is 24.3 Å². The number of nitrogens with zero attached hydrogens (tertiary/aromatic N) is 3. The third kappa shape index (κ3) is 2.82. The summed E-state index contributed by atoms with van der Waals surface area (Å²) in [6.07, 6.45) is 0. The molecule has 6 nitrogen and oxygen atoms in total. The zero-order chi connectivity index (χ0) is 15.5. The number of methoxy groups -OCH3 is 2.